The van der Waals surface area contributed by atoms with Gasteiger partial charge in [0.25, 0.3) is 0 Å². The number of rotatable bonds is 0. The molecule has 12 saturated carbocycles. The first kappa shape index (κ1) is 9.63. The molecule has 17 unspecified atom stereocenters. The zero-order valence-electron chi connectivity index (χ0n) is 13.6. The molecule has 0 nitrogen and oxygen atoms in total. The minimum Gasteiger partial charge on any atom is -0.0464 e. The fraction of sp³-hybridized carbons (Fsp3) is 1.00. The monoisotopic (exact) mass is 300 g/mol. The van der Waals surface area contributed by atoms with Gasteiger partial charge in [0.1, 0.15) is 0 Å². The van der Waals surface area contributed by atoms with Gasteiger partial charge in [-0.05, 0) is 137 Å². The fourth-order valence-corrected chi connectivity index (χ4v) is 16.7. The van der Waals surface area contributed by atoms with Gasteiger partial charge in [-0.1, -0.05) is 0 Å². The van der Waals surface area contributed by atoms with E-state index in [-0.39, 0.29) is 0 Å². The van der Waals surface area contributed by atoms with Crippen molar-refractivity contribution in [3.63, 3.8) is 0 Å². The van der Waals surface area contributed by atoms with Crippen LogP contribution in [0.15, 0.2) is 0 Å². The Morgan fingerprint density at radius 2 is 1.00 bits per heavy atom. The van der Waals surface area contributed by atoms with Gasteiger partial charge in [-0.3, -0.25) is 0 Å². The summed E-state index contributed by atoms with van der Waals surface area (Å²) in [6.07, 6.45) is 6.98. The van der Waals surface area contributed by atoms with Gasteiger partial charge in [0, 0.05) is 0 Å². The third kappa shape index (κ3) is 0.413. The Morgan fingerprint density at radius 3 is 1.57 bits per heavy atom. The molecule has 0 heteroatoms. The van der Waals surface area contributed by atoms with Crippen molar-refractivity contribution in [2.75, 3.05) is 0 Å². The number of fused-ring (bicyclic) bond motifs is 8. The second-order valence-electron chi connectivity index (χ2n) is 13.2. The van der Waals surface area contributed by atoms with Crippen molar-refractivity contribution in [2.45, 2.75) is 25.7 Å². The van der Waals surface area contributed by atoms with Crippen LogP contribution in [0.25, 0.3) is 0 Å². The van der Waals surface area contributed by atoms with Gasteiger partial charge in [0.15, 0.2) is 0 Å². The Hall–Kier alpha value is 0. The van der Waals surface area contributed by atoms with E-state index in [4.69, 9.17) is 0 Å². The third-order valence-electron chi connectivity index (χ3n) is 15.5. The average Bonchev–Trinajstić information content (AvgIpc) is 2.45. The smallest absolute Gasteiger partial charge is 0.0100 e. The predicted octanol–water partition coefficient (Wildman–Crippen LogP) is 3.53. The standard InChI is InChI=1S/C23H24/c1-5-13-7(1)17-8-2-6-14(8)20-16(6)10-4-12-18-11-3-9-15(5)19(13)21(9,11)23(17,18)22(10,12)20/h5-20H,1-4H2/t5-,6?,7?,8?,9?,10?,11?,12?,13?,14?,15+,16?,17?,18?,19?,20?,21?,22?,23?/m1/s1. The van der Waals surface area contributed by atoms with Crippen LogP contribution in [0.3, 0.4) is 0 Å². The molecule has 23 heavy (non-hydrogen) atoms. The van der Waals surface area contributed by atoms with Gasteiger partial charge in [-0.25, -0.2) is 0 Å². The molecule has 0 amide bonds. The van der Waals surface area contributed by atoms with Crippen molar-refractivity contribution >= 4 is 0 Å². The van der Waals surface area contributed by atoms with Crippen molar-refractivity contribution in [3.8, 4) is 0 Å². The summed E-state index contributed by atoms with van der Waals surface area (Å²) in [5.41, 5.74) is 3.15. The summed E-state index contributed by atoms with van der Waals surface area (Å²) < 4.78 is 0. The van der Waals surface area contributed by atoms with Gasteiger partial charge >= 0.3 is 0 Å². The van der Waals surface area contributed by atoms with Crippen LogP contribution >= 0.6 is 0 Å². The van der Waals surface area contributed by atoms with Crippen molar-refractivity contribution in [2.24, 2.45) is 111 Å². The van der Waals surface area contributed by atoms with Gasteiger partial charge < -0.3 is 0 Å². The first-order valence-corrected chi connectivity index (χ1v) is 11.4. The van der Waals surface area contributed by atoms with Crippen LogP contribution in [0.2, 0.25) is 0 Å². The highest BCUT2D eigenvalue weighted by Gasteiger charge is 3.11. The van der Waals surface area contributed by atoms with Crippen LogP contribution in [-0.2, 0) is 0 Å². The van der Waals surface area contributed by atoms with E-state index in [1.54, 1.807) is 25.7 Å². The number of hydrogen-bond donors (Lipinski definition) is 0. The van der Waals surface area contributed by atoms with Crippen LogP contribution in [-0.4, -0.2) is 0 Å². The second-order valence-corrected chi connectivity index (χ2v) is 13.2. The van der Waals surface area contributed by atoms with Gasteiger partial charge in [-0.2, -0.15) is 0 Å². The molecule has 12 fully saturated rings. The molecule has 116 valence electrons. The highest BCUT2D eigenvalue weighted by atomic mass is 15.1. The van der Waals surface area contributed by atoms with E-state index in [0.29, 0.717) is 0 Å². The second kappa shape index (κ2) is 1.98. The molecule has 0 radical (unpaired) electrons. The lowest BCUT2D eigenvalue weighted by atomic mass is 8.89. The summed E-state index contributed by atoms with van der Waals surface area (Å²) in [5, 5.41) is 0. The topological polar surface area (TPSA) is 0 Å². The summed E-state index contributed by atoms with van der Waals surface area (Å²) >= 11 is 0. The largest absolute Gasteiger partial charge is 0.0464 e. The zero-order valence-corrected chi connectivity index (χ0v) is 13.6. The Kier molecular flexibility index (Phi) is 0.829. The predicted molar refractivity (Wildman–Crippen MR) is 81.6 cm³/mol. The lowest BCUT2D eigenvalue weighted by Crippen LogP contribution is -3.11. The molecule has 3 spiro atoms. The molecule has 0 aromatic carbocycles. The normalized spacial score (nSPS) is 104. The molecule has 19 atom stereocenters. The highest BCUT2D eigenvalue weighted by Crippen LogP contribution is 3.15. The van der Waals surface area contributed by atoms with Crippen LogP contribution in [0.1, 0.15) is 25.7 Å². The van der Waals surface area contributed by atoms with E-state index < -0.39 is 0 Å². The minimum absolute atomic E-state index is 1.04. The maximum atomic E-state index is 1.75. The molecule has 0 aromatic heterocycles. The molecular formula is C23H24. The summed E-state index contributed by atoms with van der Waals surface area (Å²) in [4.78, 5) is 0. The molecule has 12 rings (SSSR count). The number of hydrogen-bond acceptors (Lipinski definition) is 0. The quantitative estimate of drug-likeness (QED) is 0.642. The highest BCUT2D eigenvalue weighted by molar-refractivity contribution is 5.57. The molecule has 0 N–H and O–H groups in total. The Bertz CT molecular complexity index is 780. The van der Waals surface area contributed by atoms with Gasteiger partial charge in [-0.15, -0.1) is 0 Å². The average molecular weight is 300 g/mol. The van der Waals surface area contributed by atoms with E-state index in [0.717, 1.165) is 16.2 Å². The van der Waals surface area contributed by atoms with E-state index >= 15 is 0 Å². The van der Waals surface area contributed by atoms with E-state index in [1.165, 1.54) is 94.7 Å². The van der Waals surface area contributed by atoms with Crippen LogP contribution in [0, 0.1) is 111 Å². The van der Waals surface area contributed by atoms with Crippen LogP contribution < -0.4 is 0 Å². The summed E-state index contributed by atoms with van der Waals surface area (Å²) in [6, 6.07) is 0. The zero-order chi connectivity index (χ0) is 13.6. The summed E-state index contributed by atoms with van der Waals surface area (Å²) in [7, 11) is 0. The van der Waals surface area contributed by atoms with E-state index in [9.17, 15) is 0 Å². The lowest BCUT2D eigenvalue weighted by molar-refractivity contribution is -0.682. The third-order valence-corrected chi connectivity index (χ3v) is 15.5. The maximum Gasteiger partial charge on any atom is -0.0100 e. The Balaban J connectivity index is 1.26. The first-order valence-electron chi connectivity index (χ1n) is 11.4. The van der Waals surface area contributed by atoms with Gasteiger partial charge in [0.05, 0.1) is 0 Å². The maximum absolute atomic E-state index is 1.75. The Morgan fingerprint density at radius 1 is 0.435 bits per heavy atom. The van der Waals surface area contributed by atoms with E-state index in [2.05, 4.69) is 0 Å². The summed E-state index contributed by atoms with van der Waals surface area (Å²) in [5.74, 6) is 21.0. The molecule has 0 aromatic rings. The minimum atomic E-state index is 1.04. The van der Waals surface area contributed by atoms with Crippen LogP contribution in [0.4, 0.5) is 0 Å². The van der Waals surface area contributed by atoms with E-state index in [1.807, 2.05) is 0 Å². The molecular weight excluding hydrogens is 276 g/mol. The molecule has 12 aliphatic rings. The lowest BCUT2D eigenvalue weighted by Gasteiger charge is -3.14. The van der Waals surface area contributed by atoms with Crippen molar-refractivity contribution in [1.29, 1.82) is 0 Å². The molecule has 0 heterocycles. The van der Waals surface area contributed by atoms with Crippen molar-refractivity contribution < 1.29 is 0 Å². The molecule has 0 aliphatic heterocycles. The summed E-state index contributed by atoms with van der Waals surface area (Å²) in [6.45, 7) is 0. The fourth-order valence-electron chi connectivity index (χ4n) is 16.7. The van der Waals surface area contributed by atoms with Crippen LogP contribution in [0.5, 0.6) is 0 Å². The van der Waals surface area contributed by atoms with Gasteiger partial charge in [0.2, 0.25) is 0 Å². The van der Waals surface area contributed by atoms with Crippen molar-refractivity contribution in [3.05, 3.63) is 0 Å². The molecule has 12 aliphatic carbocycles. The first-order chi connectivity index (χ1) is 11.4. The molecule has 0 bridgehead atoms. The Labute approximate surface area is 137 Å². The molecule has 0 saturated heterocycles. The van der Waals surface area contributed by atoms with Crippen molar-refractivity contribution in [1.82, 2.24) is 0 Å². The SMILES string of the molecule is C1C2C3C1C1C4C[C@@H]5C4C4[C@@H]5C5CC6C7C8CC9C2C3C98C17C654.